The number of rotatable bonds is 6. The molecule has 8 heteroatoms. The van der Waals surface area contributed by atoms with Gasteiger partial charge in [0, 0.05) is 11.6 Å². The Kier molecular flexibility index (Phi) is 6.46. The molecule has 0 saturated heterocycles. The molecule has 1 amide bonds. The molecule has 1 aromatic rings. The van der Waals surface area contributed by atoms with Crippen LogP contribution in [0.4, 0.5) is 0 Å². The number of halogens is 2. The summed E-state index contributed by atoms with van der Waals surface area (Å²) in [5.74, 6) is -0.121. The number of sulfonamides is 1. The summed E-state index contributed by atoms with van der Waals surface area (Å²) in [5.41, 5.74) is -0.000789. The third-order valence-corrected chi connectivity index (χ3v) is 4.93. The van der Waals surface area contributed by atoms with Crippen LogP contribution in [0.25, 0.3) is 0 Å². The Morgan fingerprint density at radius 3 is 2.33 bits per heavy atom. The summed E-state index contributed by atoms with van der Waals surface area (Å²) in [6, 6.07) is 2.44. The molecule has 0 saturated carbocycles. The molecule has 0 aliphatic heterocycles. The van der Waals surface area contributed by atoms with Crippen molar-refractivity contribution in [3.05, 3.63) is 27.7 Å². The smallest absolute Gasteiger partial charge is 0.252 e. The van der Waals surface area contributed by atoms with Crippen molar-refractivity contribution in [1.29, 1.82) is 0 Å². The highest BCUT2D eigenvalue weighted by molar-refractivity contribution is 7.89. The normalized spacial score (nSPS) is 11.7. The molecule has 3 N–H and O–H groups in total. The summed E-state index contributed by atoms with van der Waals surface area (Å²) in [6.07, 6.45) is 1.87. The molecule has 0 aliphatic carbocycles. The van der Waals surface area contributed by atoms with Crippen LogP contribution in [0, 0.1) is 5.92 Å². The summed E-state index contributed by atoms with van der Waals surface area (Å²) in [6.45, 7) is 4.55. The number of hydrogen-bond donors (Lipinski definition) is 2. The number of nitrogens with one attached hydrogen (secondary N) is 1. The number of nitrogens with two attached hydrogens (primary N) is 1. The SMILES string of the molecule is CCC(CC)CNC(=O)c1cc(Cl)cc(S(N)(=O)=O)c1Cl. The van der Waals surface area contributed by atoms with E-state index in [2.05, 4.69) is 5.32 Å². The van der Waals surface area contributed by atoms with E-state index >= 15 is 0 Å². The van der Waals surface area contributed by atoms with Crippen LogP contribution < -0.4 is 10.5 Å². The molecule has 118 valence electrons. The van der Waals surface area contributed by atoms with Crippen molar-refractivity contribution in [2.24, 2.45) is 11.1 Å². The van der Waals surface area contributed by atoms with E-state index in [-0.39, 0.29) is 20.5 Å². The molecule has 0 atom stereocenters. The van der Waals surface area contributed by atoms with Gasteiger partial charge in [0.05, 0.1) is 10.6 Å². The maximum atomic E-state index is 12.1. The van der Waals surface area contributed by atoms with E-state index in [0.29, 0.717) is 12.5 Å². The molecule has 0 aliphatic rings. The topological polar surface area (TPSA) is 89.3 Å². The minimum absolute atomic E-state index is 0.000789. The highest BCUT2D eigenvalue weighted by Crippen LogP contribution is 2.28. The summed E-state index contributed by atoms with van der Waals surface area (Å²) < 4.78 is 22.9. The van der Waals surface area contributed by atoms with Crippen LogP contribution in [-0.2, 0) is 10.0 Å². The van der Waals surface area contributed by atoms with Gasteiger partial charge < -0.3 is 5.32 Å². The van der Waals surface area contributed by atoms with E-state index in [4.69, 9.17) is 28.3 Å². The monoisotopic (exact) mass is 352 g/mol. The fourth-order valence-corrected chi connectivity index (χ4v) is 3.30. The molecule has 0 unspecified atom stereocenters. The highest BCUT2D eigenvalue weighted by Gasteiger charge is 2.21. The van der Waals surface area contributed by atoms with E-state index in [1.807, 2.05) is 13.8 Å². The van der Waals surface area contributed by atoms with Crippen LogP contribution in [0.1, 0.15) is 37.0 Å². The molecule has 1 aromatic carbocycles. The zero-order valence-electron chi connectivity index (χ0n) is 11.8. The Hall–Kier alpha value is -0.820. The Balaban J connectivity index is 3.08. The standard InChI is InChI=1S/C13H18Cl2N2O3S/c1-3-8(4-2)7-17-13(18)10-5-9(14)6-11(12(10)15)21(16,19)20/h5-6,8H,3-4,7H2,1-2H3,(H,17,18)(H2,16,19,20). The van der Waals surface area contributed by atoms with E-state index in [1.54, 1.807) is 0 Å². The first-order chi connectivity index (χ1) is 9.70. The predicted octanol–water partition coefficient (Wildman–Crippen LogP) is 2.81. The number of benzene rings is 1. The van der Waals surface area contributed by atoms with E-state index in [0.717, 1.165) is 18.9 Å². The summed E-state index contributed by atoms with van der Waals surface area (Å²) in [4.78, 5) is 11.8. The van der Waals surface area contributed by atoms with Gasteiger partial charge in [0.15, 0.2) is 0 Å². The molecule has 0 aromatic heterocycles. The number of hydrogen-bond acceptors (Lipinski definition) is 3. The lowest BCUT2D eigenvalue weighted by atomic mass is 10.0. The Bertz CT molecular complexity index is 629. The fourth-order valence-electron chi connectivity index (χ4n) is 1.85. The first-order valence-corrected chi connectivity index (χ1v) is 8.80. The van der Waals surface area contributed by atoms with E-state index in [1.165, 1.54) is 6.07 Å². The molecule has 21 heavy (non-hydrogen) atoms. The minimum Gasteiger partial charge on any atom is -0.352 e. The lowest BCUT2D eigenvalue weighted by Gasteiger charge is -2.14. The third-order valence-electron chi connectivity index (χ3n) is 3.26. The van der Waals surface area contributed by atoms with Crippen molar-refractivity contribution < 1.29 is 13.2 Å². The van der Waals surface area contributed by atoms with Gasteiger partial charge in [-0.25, -0.2) is 13.6 Å². The van der Waals surface area contributed by atoms with Gasteiger partial charge in [-0.15, -0.1) is 0 Å². The van der Waals surface area contributed by atoms with Crippen molar-refractivity contribution in [3.8, 4) is 0 Å². The van der Waals surface area contributed by atoms with Crippen molar-refractivity contribution in [3.63, 3.8) is 0 Å². The number of amides is 1. The maximum absolute atomic E-state index is 12.1. The Labute approximate surface area is 134 Å². The van der Waals surface area contributed by atoms with Gasteiger partial charge in [0.1, 0.15) is 4.90 Å². The molecular weight excluding hydrogens is 335 g/mol. The average Bonchev–Trinajstić information content (AvgIpc) is 2.40. The largest absolute Gasteiger partial charge is 0.352 e. The second kappa shape index (κ2) is 7.45. The molecule has 0 bridgehead atoms. The Morgan fingerprint density at radius 1 is 1.29 bits per heavy atom. The maximum Gasteiger partial charge on any atom is 0.252 e. The first kappa shape index (κ1) is 18.2. The van der Waals surface area contributed by atoms with Gasteiger partial charge in [-0.1, -0.05) is 49.9 Å². The van der Waals surface area contributed by atoms with Gasteiger partial charge in [0.25, 0.3) is 5.91 Å². The lowest BCUT2D eigenvalue weighted by molar-refractivity contribution is 0.0946. The molecule has 0 radical (unpaired) electrons. The van der Waals surface area contributed by atoms with Crippen LogP contribution >= 0.6 is 23.2 Å². The molecule has 1 rings (SSSR count). The van der Waals surface area contributed by atoms with Crippen LogP contribution in [0.5, 0.6) is 0 Å². The molecule has 0 spiro atoms. The van der Waals surface area contributed by atoms with E-state index in [9.17, 15) is 13.2 Å². The van der Waals surface area contributed by atoms with Gasteiger partial charge in [-0.3, -0.25) is 4.79 Å². The zero-order chi connectivity index (χ0) is 16.2. The van der Waals surface area contributed by atoms with Crippen LogP contribution in [0.2, 0.25) is 10.0 Å². The van der Waals surface area contributed by atoms with E-state index < -0.39 is 15.9 Å². The lowest BCUT2D eigenvalue weighted by Crippen LogP contribution is -2.29. The molecular formula is C13H18Cl2N2O3S. The zero-order valence-corrected chi connectivity index (χ0v) is 14.1. The second-order valence-electron chi connectivity index (χ2n) is 4.70. The van der Waals surface area contributed by atoms with Gasteiger partial charge in [0.2, 0.25) is 10.0 Å². The first-order valence-electron chi connectivity index (χ1n) is 6.50. The fraction of sp³-hybridized carbons (Fsp3) is 0.462. The predicted molar refractivity (Wildman–Crippen MR) is 84.2 cm³/mol. The van der Waals surface area contributed by atoms with Crippen LogP contribution in [-0.4, -0.2) is 20.9 Å². The number of carbonyl (C=O) groups excluding carboxylic acids is 1. The highest BCUT2D eigenvalue weighted by atomic mass is 35.5. The Morgan fingerprint density at radius 2 is 1.86 bits per heavy atom. The van der Waals surface area contributed by atoms with Gasteiger partial charge in [-0.2, -0.15) is 0 Å². The van der Waals surface area contributed by atoms with Gasteiger partial charge >= 0.3 is 0 Å². The van der Waals surface area contributed by atoms with Gasteiger partial charge in [-0.05, 0) is 18.1 Å². The summed E-state index contributed by atoms with van der Waals surface area (Å²) >= 11 is 11.8. The van der Waals surface area contributed by atoms with Crippen molar-refractivity contribution >= 4 is 39.1 Å². The van der Waals surface area contributed by atoms with Crippen molar-refractivity contribution in [2.45, 2.75) is 31.6 Å². The van der Waals surface area contributed by atoms with Crippen LogP contribution in [0.3, 0.4) is 0 Å². The minimum atomic E-state index is -4.05. The van der Waals surface area contributed by atoms with Crippen LogP contribution in [0.15, 0.2) is 17.0 Å². The van der Waals surface area contributed by atoms with Crippen molar-refractivity contribution in [2.75, 3.05) is 6.54 Å². The molecule has 0 heterocycles. The summed E-state index contributed by atoms with van der Waals surface area (Å²) in [5, 5.41) is 7.65. The third kappa shape index (κ3) is 4.85. The average molecular weight is 353 g/mol. The second-order valence-corrected chi connectivity index (χ2v) is 7.05. The van der Waals surface area contributed by atoms with Crippen molar-refractivity contribution in [1.82, 2.24) is 5.32 Å². The molecule has 5 nitrogen and oxygen atoms in total. The summed E-state index contributed by atoms with van der Waals surface area (Å²) in [7, 11) is -4.05. The number of primary sulfonamides is 1. The molecule has 0 fully saturated rings. The number of carbonyl (C=O) groups is 1. The quantitative estimate of drug-likeness (QED) is 0.824.